The van der Waals surface area contributed by atoms with Crippen LogP contribution in [0.4, 0.5) is 0 Å². The minimum Gasteiger partial charge on any atom is -0.467 e. The van der Waals surface area contributed by atoms with Crippen LogP contribution in [0.3, 0.4) is 0 Å². The minimum atomic E-state index is -0.437. The first-order valence-corrected chi connectivity index (χ1v) is 4.52. The summed E-state index contributed by atoms with van der Waals surface area (Å²) < 4.78 is 4.61. The second-order valence-electron chi connectivity index (χ2n) is 3.05. The summed E-state index contributed by atoms with van der Waals surface area (Å²) in [5.41, 5.74) is 0. The molecule has 0 aliphatic carbocycles. The van der Waals surface area contributed by atoms with Crippen molar-refractivity contribution in [2.75, 3.05) is 13.7 Å². The Morgan fingerprint density at radius 1 is 1.50 bits per heavy atom. The van der Waals surface area contributed by atoms with Crippen molar-refractivity contribution < 1.29 is 14.3 Å². The molecular weight excluding hydrogens is 182 g/mol. The van der Waals surface area contributed by atoms with Crippen LogP contribution in [-0.4, -0.2) is 36.5 Å². The summed E-state index contributed by atoms with van der Waals surface area (Å²) in [6.45, 7) is 2.19. The minimum absolute atomic E-state index is 0.291. The molecule has 1 aliphatic rings. The number of likely N-dealkylation sites (tertiary alicyclic amines) is 1. The van der Waals surface area contributed by atoms with Crippen LogP contribution in [0.15, 0.2) is 0 Å². The normalized spacial score (nSPS) is 19.9. The first-order chi connectivity index (χ1) is 6.70. The highest BCUT2D eigenvalue weighted by atomic mass is 16.5. The second kappa shape index (κ2) is 4.66. The van der Waals surface area contributed by atoms with Gasteiger partial charge in [-0.3, -0.25) is 4.79 Å². The summed E-state index contributed by atoms with van der Waals surface area (Å²) in [6, 6.07) is -0.437. The Kier molecular flexibility index (Phi) is 3.52. The third-order valence-corrected chi connectivity index (χ3v) is 2.22. The topological polar surface area (TPSA) is 46.6 Å². The number of carbonyl (C=O) groups is 2. The van der Waals surface area contributed by atoms with Crippen molar-refractivity contribution in [1.29, 1.82) is 0 Å². The van der Waals surface area contributed by atoms with Crippen LogP contribution in [0.2, 0.25) is 0 Å². The predicted octanol–water partition coefficient (Wildman–Crippen LogP) is 0.174. The number of esters is 1. The molecule has 1 heterocycles. The Morgan fingerprint density at radius 2 is 2.21 bits per heavy atom. The van der Waals surface area contributed by atoms with Crippen molar-refractivity contribution in [3.8, 4) is 11.8 Å². The summed E-state index contributed by atoms with van der Waals surface area (Å²) in [4.78, 5) is 24.2. The molecule has 1 unspecified atom stereocenters. The zero-order valence-corrected chi connectivity index (χ0v) is 8.37. The highest BCUT2D eigenvalue weighted by molar-refractivity contribution is 5.96. The van der Waals surface area contributed by atoms with Gasteiger partial charge in [0.2, 0.25) is 0 Å². The van der Waals surface area contributed by atoms with E-state index in [0.29, 0.717) is 13.0 Å². The van der Waals surface area contributed by atoms with Gasteiger partial charge in [-0.25, -0.2) is 4.79 Å². The Balaban J connectivity index is 2.71. The molecule has 0 radical (unpaired) electrons. The molecule has 1 atom stereocenters. The van der Waals surface area contributed by atoms with Gasteiger partial charge >= 0.3 is 5.97 Å². The summed E-state index contributed by atoms with van der Waals surface area (Å²) in [6.07, 6.45) is 1.50. The Bertz CT molecular complexity index is 300. The Morgan fingerprint density at radius 3 is 2.79 bits per heavy atom. The third kappa shape index (κ3) is 2.05. The van der Waals surface area contributed by atoms with Gasteiger partial charge in [-0.05, 0) is 25.7 Å². The standard InChI is InChI=1S/C10H13NO3/c1-3-5-9(12)11-7-4-6-8(11)10(13)14-2/h8H,4,6-7H2,1-2H3. The average molecular weight is 195 g/mol. The van der Waals surface area contributed by atoms with Crippen LogP contribution in [0.1, 0.15) is 19.8 Å². The van der Waals surface area contributed by atoms with Crippen molar-refractivity contribution in [3.63, 3.8) is 0 Å². The summed E-state index contributed by atoms with van der Waals surface area (Å²) in [7, 11) is 1.33. The van der Waals surface area contributed by atoms with E-state index < -0.39 is 6.04 Å². The first kappa shape index (κ1) is 10.6. The van der Waals surface area contributed by atoms with Crippen molar-refractivity contribution in [1.82, 2.24) is 4.90 Å². The number of rotatable bonds is 1. The van der Waals surface area contributed by atoms with Gasteiger partial charge in [-0.1, -0.05) is 5.92 Å². The molecule has 0 bridgehead atoms. The molecule has 1 rings (SSSR count). The van der Waals surface area contributed by atoms with Gasteiger partial charge in [-0.2, -0.15) is 0 Å². The molecule has 1 amide bonds. The molecule has 4 heteroatoms. The first-order valence-electron chi connectivity index (χ1n) is 4.52. The van der Waals surface area contributed by atoms with E-state index in [1.165, 1.54) is 12.0 Å². The van der Waals surface area contributed by atoms with Gasteiger partial charge in [0.1, 0.15) is 6.04 Å². The zero-order chi connectivity index (χ0) is 10.6. The highest BCUT2D eigenvalue weighted by Crippen LogP contribution is 2.17. The van der Waals surface area contributed by atoms with Crippen molar-refractivity contribution >= 4 is 11.9 Å². The Labute approximate surface area is 83.2 Å². The van der Waals surface area contributed by atoms with Crippen molar-refractivity contribution in [3.05, 3.63) is 0 Å². The zero-order valence-electron chi connectivity index (χ0n) is 8.37. The number of methoxy groups -OCH3 is 1. The molecule has 1 fully saturated rings. The monoisotopic (exact) mass is 195 g/mol. The van der Waals surface area contributed by atoms with Crippen LogP contribution >= 0.6 is 0 Å². The van der Waals surface area contributed by atoms with Gasteiger partial charge in [0.15, 0.2) is 0 Å². The fourth-order valence-corrected chi connectivity index (χ4v) is 1.57. The quantitative estimate of drug-likeness (QED) is 0.442. The van der Waals surface area contributed by atoms with E-state index in [0.717, 1.165) is 6.42 Å². The van der Waals surface area contributed by atoms with Gasteiger partial charge in [0.05, 0.1) is 7.11 Å². The van der Waals surface area contributed by atoms with Crippen LogP contribution in [0, 0.1) is 11.8 Å². The van der Waals surface area contributed by atoms with Gasteiger partial charge in [-0.15, -0.1) is 0 Å². The molecule has 76 valence electrons. The van der Waals surface area contributed by atoms with Crippen LogP contribution < -0.4 is 0 Å². The lowest BCUT2D eigenvalue weighted by molar-refractivity contribution is -0.149. The maximum Gasteiger partial charge on any atom is 0.328 e. The molecule has 4 nitrogen and oxygen atoms in total. The lowest BCUT2D eigenvalue weighted by atomic mass is 10.2. The van der Waals surface area contributed by atoms with E-state index in [2.05, 4.69) is 16.6 Å². The molecule has 0 spiro atoms. The number of hydrogen-bond donors (Lipinski definition) is 0. The molecule has 0 N–H and O–H groups in total. The third-order valence-electron chi connectivity index (χ3n) is 2.22. The molecule has 0 aromatic rings. The number of hydrogen-bond acceptors (Lipinski definition) is 3. The second-order valence-corrected chi connectivity index (χ2v) is 3.05. The van der Waals surface area contributed by atoms with Crippen LogP contribution in [-0.2, 0) is 14.3 Å². The molecule has 0 aromatic carbocycles. The molecule has 0 saturated carbocycles. The number of carbonyl (C=O) groups excluding carboxylic acids is 2. The molecule has 1 aliphatic heterocycles. The molecular formula is C10H13NO3. The fraction of sp³-hybridized carbons (Fsp3) is 0.600. The van der Waals surface area contributed by atoms with E-state index in [9.17, 15) is 9.59 Å². The maximum absolute atomic E-state index is 11.4. The van der Waals surface area contributed by atoms with Crippen molar-refractivity contribution in [2.24, 2.45) is 0 Å². The lowest BCUT2D eigenvalue weighted by Crippen LogP contribution is -2.40. The molecule has 14 heavy (non-hydrogen) atoms. The number of ether oxygens (including phenoxy) is 1. The SMILES string of the molecule is CC#CC(=O)N1CCCC1C(=O)OC. The average Bonchev–Trinajstić information content (AvgIpc) is 2.65. The Hall–Kier alpha value is -1.50. The van der Waals surface area contributed by atoms with Gasteiger partial charge < -0.3 is 9.64 Å². The number of nitrogens with zero attached hydrogens (tertiary/aromatic N) is 1. The van der Waals surface area contributed by atoms with Gasteiger partial charge in [0.25, 0.3) is 5.91 Å². The highest BCUT2D eigenvalue weighted by Gasteiger charge is 2.33. The largest absolute Gasteiger partial charge is 0.467 e. The number of amides is 1. The summed E-state index contributed by atoms with van der Waals surface area (Å²) in [5, 5.41) is 0. The predicted molar refractivity (Wildman–Crippen MR) is 50.2 cm³/mol. The smallest absolute Gasteiger partial charge is 0.328 e. The molecule has 0 aromatic heterocycles. The molecule has 1 saturated heterocycles. The van der Waals surface area contributed by atoms with E-state index in [-0.39, 0.29) is 11.9 Å². The van der Waals surface area contributed by atoms with Crippen LogP contribution in [0.25, 0.3) is 0 Å². The summed E-state index contributed by atoms with van der Waals surface area (Å²) >= 11 is 0. The van der Waals surface area contributed by atoms with E-state index in [1.807, 2.05) is 0 Å². The van der Waals surface area contributed by atoms with E-state index >= 15 is 0 Å². The van der Waals surface area contributed by atoms with E-state index in [4.69, 9.17) is 0 Å². The van der Waals surface area contributed by atoms with Crippen molar-refractivity contribution in [2.45, 2.75) is 25.8 Å². The van der Waals surface area contributed by atoms with Crippen LogP contribution in [0.5, 0.6) is 0 Å². The van der Waals surface area contributed by atoms with Gasteiger partial charge in [0, 0.05) is 6.54 Å². The maximum atomic E-state index is 11.4. The lowest BCUT2D eigenvalue weighted by Gasteiger charge is -2.19. The fourth-order valence-electron chi connectivity index (χ4n) is 1.57. The summed E-state index contributed by atoms with van der Waals surface area (Å²) in [5.74, 6) is 4.31. The van der Waals surface area contributed by atoms with E-state index in [1.54, 1.807) is 6.92 Å².